The third-order valence-corrected chi connectivity index (χ3v) is 1.42. The smallest absolute Gasteiger partial charge is 0.0180 e. The number of halogens is 3. The Hall–Kier alpha value is 0.750. The lowest BCUT2D eigenvalue weighted by Gasteiger charge is -2.24. The monoisotopic (exact) mass is 223 g/mol. The highest BCUT2D eigenvalue weighted by Crippen LogP contribution is 1.95. The van der Waals surface area contributed by atoms with Crippen LogP contribution in [0.1, 0.15) is 6.42 Å². The summed E-state index contributed by atoms with van der Waals surface area (Å²) in [5.41, 5.74) is 11.2. The van der Waals surface area contributed by atoms with Crippen LogP contribution in [0.15, 0.2) is 0 Å². The summed E-state index contributed by atoms with van der Waals surface area (Å²) in [6, 6.07) is 0.553. The largest absolute Gasteiger partial charge is 0.326 e. The van der Waals surface area contributed by atoms with Crippen LogP contribution in [0, 0.1) is 0 Å². The van der Waals surface area contributed by atoms with Crippen molar-refractivity contribution in [3.8, 4) is 0 Å². The minimum atomic E-state index is 0. The van der Waals surface area contributed by atoms with Crippen LogP contribution >= 0.6 is 37.2 Å². The summed E-state index contributed by atoms with van der Waals surface area (Å²) in [6.07, 6.45) is 0.965. The van der Waals surface area contributed by atoms with Crippen LogP contribution < -0.4 is 16.8 Å². The van der Waals surface area contributed by atoms with Gasteiger partial charge in [-0.2, -0.15) is 0 Å². The Morgan fingerprint density at radius 1 is 0.909 bits per heavy atom. The molecular formula is C5H16Cl3N3. The third-order valence-electron chi connectivity index (χ3n) is 1.42. The fraction of sp³-hybridized carbons (Fsp3) is 1.00. The van der Waals surface area contributed by atoms with Gasteiger partial charge in [-0.1, -0.05) is 0 Å². The Balaban J connectivity index is -0.000000213. The molecule has 0 aromatic heterocycles. The fourth-order valence-corrected chi connectivity index (χ4v) is 1.01. The van der Waals surface area contributed by atoms with E-state index < -0.39 is 0 Å². The first kappa shape index (κ1) is 17.7. The lowest BCUT2D eigenvalue weighted by atomic mass is 10.1. The first-order valence-corrected chi connectivity index (χ1v) is 3.01. The minimum Gasteiger partial charge on any atom is -0.326 e. The quantitative estimate of drug-likeness (QED) is 0.538. The zero-order valence-corrected chi connectivity index (χ0v) is 8.60. The molecule has 1 rings (SSSR count). The molecule has 11 heavy (non-hydrogen) atoms. The van der Waals surface area contributed by atoms with Gasteiger partial charge in [-0.25, -0.2) is 0 Å². The van der Waals surface area contributed by atoms with E-state index in [1.165, 1.54) is 0 Å². The van der Waals surface area contributed by atoms with Crippen LogP contribution in [0.5, 0.6) is 0 Å². The normalized spacial score (nSPS) is 28.9. The molecule has 0 radical (unpaired) electrons. The molecular weight excluding hydrogens is 208 g/mol. The molecule has 1 aliphatic heterocycles. The molecule has 1 heterocycles. The van der Waals surface area contributed by atoms with Crippen molar-refractivity contribution in [1.29, 1.82) is 0 Å². The van der Waals surface area contributed by atoms with E-state index in [2.05, 4.69) is 5.32 Å². The first-order chi connectivity index (χ1) is 3.79. The molecule has 72 valence electrons. The summed E-state index contributed by atoms with van der Waals surface area (Å²) in [4.78, 5) is 0. The molecule has 0 aromatic rings. The van der Waals surface area contributed by atoms with Crippen molar-refractivity contribution >= 4 is 37.2 Å². The van der Waals surface area contributed by atoms with Crippen molar-refractivity contribution in [3.05, 3.63) is 0 Å². The molecule has 3 nitrogen and oxygen atoms in total. The molecule has 1 fully saturated rings. The fourth-order valence-electron chi connectivity index (χ4n) is 1.01. The standard InChI is InChI=1S/C5H13N3.3ClH/c6-4-1-5(7)3-8-2-4;;;/h4-5,8H,1-3,6-7H2;3*1H/t4-,5+;;;. The van der Waals surface area contributed by atoms with Gasteiger partial charge in [0.1, 0.15) is 0 Å². The van der Waals surface area contributed by atoms with Gasteiger partial charge in [0, 0.05) is 25.2 Å². The summed E-state index contributed by atoms with van der Waals surface area (Å²) < 4.78 is 0. The van der Waals surface area contributed by atoms with Crippen molar-refractivity contribution in [2.45, 2.75) is 18.5 Å². The van der Waals surface area contributed by atoms with Crippen molar-refractivity contribution < 1.29 is 0 Å². The predicted molar refractivity (Wildman–Crippen MR) is 55.2 cm³/mol. The van der Waals surface area contributed by atoms with E-state index in [0.29, 0.717) is 0 Å². The Bertz CT molecular complexity index is 75.4. The second kappa shape index (κ2) is 8.84. The first-order valence-electron chi connectivity index (χ1n) is 3.01. The maximum absolute atomic E-state index is 5.58. The topological polar surface area (TPSA) is 64.1 Å². The number of rotatable bonds is 0. The van der Waals surface area contributed by atoms with Crippen molar-refractivity contribution in [2.24, 2.45) is 11.5 Å². The molecule has 2 atom stereocenters. The van der Waals surface area contributed by atoms with Gasteiger partial charge in [-0.15, -0.1) is 37.2 Å². The van der Waals surface area contributed by atoms with E-state index in [0.717, 1.165) is 19.5 Å². The summed E-state index contributed by atoms with van der Waals surface area (Å²) in [5, 5.41) is 3.13. The summed E-state index contributed by atoms with van der Waals surface area (Å²) >= 11 is 0. The lowest BCUT2D eigenvalue weighted by Crippen LogP contribution is -2.49. The summed E-state index contributed by atoms with van der Waals surface area (Å²) in [5.74, 6) is 0. The second-order valence-electron chi connectivity index (χ2n) is 2.41. The summed E-state index contributed by atoms with van der Waals surface area (Å²) in [6.45, 7) is 1.85. The predicted octanol–water partition coefficient (Wildman–Crippen LogP) is -0.100. The average Bonchev–Trinajstić information content (AvgIpc) is 1.64. The number of hydrogen-bond donors (Lipinski definition) is 3. The highest BCUT2D eigenvalue weighted by Gasteiger charge is 2.13. The van der Waals surface area contributed by atoms with E-state index in [-0.39, 0.29) is 49.3 Å². The molecule has 0 bridgehead atoms. The Morgan fingerprint density at radius 3 is 1.45 bits per heavy atom. The van der Waals surface area contributed by atoms with Crippen molar-refractivity contribution in [3.63, 3.8) is 0 Å². The highest BCUT2D eigenvalue weighted by atomic mass is 35.5. The van der Waals surface area contributed by atoms with E-state index in [4.69, 9.17) is 11.5 Å². The van der Waals surface area contributed by atoms with Crippen molar-refractivity contribution in [1.82, 2.24) is 5.32 Å². The Kier molecular flexibility index (Phi) is 14.3. The molecule has 5 N–H and O–H groups in total. The lowest BCUT2D eigenvalue weighted by molar-refractivity contribution is 0.411. The zero-order chi connectivity index (χ0) is 5.98. The third kappa shape index (κ3) is 7.12. The van der Waals surface area contributed by atoms with Gasteiger partial charge in [0.2, 0.25) is 0 Å². The molecule has 1 saturated heterocycles. The minimum absolute atomic E-state index is 0. The molecule has 1 aliphatic rings. The van der Waals surface area contributed by atoms with E-state index in [1.807, 2.05) is 0 Å². The molecule has 0 aliphatic carbocycles. The molecule has 0 saturated carbocycles. The molecule has 0 spiro atoms. The molecule has 0 amide bonds. The number of hydrogen-bond acceptors (Lipinski definition) is 3. The van der Waals surface area contributed by atoms with Crippen molar-refractivity contribution in [2.75, 3.05) is 13.1 Å². The highest BCUT2D eigenvalue weighted by molar-refractivity contribution is 5.86. The van der Waals surface area contributed by atoms with Crippen LogP contribution in [0.25, 0.3) is 0 Å². The van der Waals surface area contributed by atoms with Gasteiger partial charge in [-0.05, 0) is 6.42 Å². The van der Waals surface area contributed by atoms with Crippen LogP contribution in [0.3, 0.4) is 0 Å². The van der Waals surface area contributed by atoms with E-state index in [1.54, 1.807) is 0 Å². The van der Waals surface area contributed by atoms with Gasteiger partial charge in [-0.3, -0.25) is 0 Å². The van der Waals surface area contributed by atoms with Crippen LogP contribution in [0.4, 0.5) is 0 Å². The summed E-state index contributed by atoms with van der Waals surface area (Å²) in [7, 11) is 0. The molecule has 0 aromatic carbocycles. The van der Waals surface area contributed by atoms with Gasteiger partial charge >= 0.3 is 0 Å². The number of piperidine rings is 1. The second-order valence-corrected chi connectivity index (χ2v) is 2.41. The Morgan fingerprint density at radius 2 is 1.27 bits per heavy atom. The molecule has 0 unspecified atom stereocenters. The van der Waals surface area contributed by atoms with Gasteiger partial charge < -0.3 is 16.8 Å². The van der Waals surface area contributed by atoms with Gasteiger partial charge in [0.05, 0.1) is 0 Å². The van der Waals surface area contributed by atoms with Gasteiger partial charge in [0.25, 0.3) is 0 Å². The van der Waals surface area contributed by atoms with Crippen LogP contribution in [-0.4, -0.2) is 25.2 Å². The SMILES string of the molecule is Cl.Cl.Cl.N[C@@H]1CNC[C@H](N)C1. The van der Waals surface area contributed by atoms with Crippen LogP contribution in [-0.2, 0) is 0 Å². The maximum atomic E-state index is 5.58. The molecule has 6 heteroatoms. The van der Waals surface area contributed by atoms with Crippen LogP contribution in [0.2, 0.25) is 0 Å². The zero-order valence-electron chi connectivity index (χ0n) is 6.16. The van der Waals surface area contributed by atoms with E-state index in [9.17, 15) is 0 Å². The number of nitrogens with one attached hydrogen (secondary N) is 1. The van der Waals surface area contributed by atoms with Gasteiger partial charge in [0.15, 0.2) is 0 Å². The Labute approximate surface area is 85.9 Å². The number of nitrogens with two attached hydrogens (primary N) is 2. The van der Waals surface area contributed by atoms with E-state index >= 15 is 0 Å². The average molecular weight is 225 g/mol. The maximum Gasteiger partial charge on any atom is 0.0180 e.